The number of hydrogen-bond donors (Lipinski definition) is 14. The molecule has 5 unspecified atom stereocenters. The Bertz CT molecular complexity index is 6430. The second kappa shape index (κ2) is 36.3. The molecular weight excluding hydrogens is 1900 g/mol. The molecule has 0 spiro atoms. The van der Waals surface area contributed by atoms with Crippen molar-refractivity contribution in [1.82, 2.24) is 97.2 Å². The molecule has 125 heavy (non-hydrogen) atoms. The van der Waals surface area contributed by atoms with Gasteiger partial charge in [0.15, 0.2) is 45.6 Å². The molecule has 6 aliphatic heterocycles. The lowest BCUT2D eigenvalue weighted by Crippen LogP contribution is -2.33. The first-order valence-corrected chi connectivity index (χ1v) is 52.7. The Balaban J connectivity index is 0.612. The van der Waals surface area contributed by atoms with Crippen LogP contribution in [0.5, 0.6) is 0 Å². The fraction of sp³-hybridized carbons (Fsp3) is 0.533. The van der Waals surface area contributed by atoms with Gasteiger partial charge in [-0.2, -0.15) is 4.98 Å². The van der Waals surface area contributed by atoms with Gasteiger partial charge in [0.25, 0.3) is 16.7 Å². The van der Waals surface area contributed by atoms with Crippen molar-refractivity contribution in [2.75, 3.05) is 56.0 Å². The molecule has 0 bridgehead atoms. The third-order valence-electron chi connectivity index (χ3n) is 20.6. The molecule has 18 N–H and O–H groups in total. The third-order valence-corrected chi connectivity index (χ3v) is 29.4. The van der Waals surface area contributed by atoms with E-state index in [0.29, 0.717) is 0 Å². The molecule has 0 aliphatic carbocycles. The molecule has 6 aliphatic rings. The number of nitrogens with zero attached hydrogens (tertiary/aromatic N) is 17. The highest BCUT2D eigenvalue weighted by Gasteiger charge is 2.50. The van der Waals surface area contributed by atoms with Gasteiger partial charge in [-0.05, 0) is 91.6 Å². The predicted molar refractivity (Wildman–Crippen MR) is 451 cm³/mol. The van der Waals surface area contributed by atoms with Crippen LogP contribution in [0.1, 0.15) is 93.9 Å². The van der Waals surface area contributed by atoms with Gasteiger partial charge in [0, 0.05) is 62.0 Å². The number of ether oxygens (including phenoxy) is 6. The van der Waals surface area contributed by atoms with Crippen molar-refractivity contribution in [3.8, 4) is 0 Å². The van der Waals surface area contributed by atoms with Crippen LogP contribution in [0.15, 0.2) is 80.7 Å². The molecule has 10 aromatic heterocycles. The monoisotopic (exact) mass is 1970 g/mol. The van der Waals surface area contributed by atoms with Gasteiger partial charge in [-0.25, -0.2) is 59.4 Å². The Labute approximate surface area is 730 Å². The Morgan fingerprint density at radius 3 is 0.984 bits per heavy atom. The van der Waals surface area contributed by atoms with Crippen LogP contribution in [0, 0.1) is 13.8 Å². The standard InChI is InChI=1S/C60H76N24O29P6S6/c1-24-10-79(59(88)77-55(24)85)38-4-27(26(3)102-38)109-115(92,121)97-14-35-30(7-40(105-35)81-20-71-44-48(61)65-17-68-51(44)81)111-118(95,124)100-16-37-32(9-42(107-37)83-22-73-46-50(63)67-19-70-53(46)83)113-119(96,125)101-15-36-31(8-41(106-36)82-21-72-45-49(62)66-18-69-52(45)82)112-117(94,123)99-13-34-29(6-39(103-34)80-11-25(2)56(86)78-60(80)89)110-116(93,122)98-12-33-28(108-114(90,91)120)5-43(104-33)84-23-74-47-54(84)75-58(64)76-57(47)87/h10-11,17-23,26-43H,4-9,12-16H2,1-3H3,(H,92,121)(H,93,122)(H,94,123)(H,95,124)(H,96,125)(H2,61,65,68)(H2,62,66,69)(H2,63,67,70)(H,77,85,88)(H,78,86,89)(H2,90,91,120)(H3,64,75,76,87)/t26-,27-,28-,29-,30-,31-,32-,33-,34-,35-,36-,37-,38-,39-,40-,41-,42-,43-,115?,116?,117?,118?,119?/m1/s1. The topological polar surface area (TPSA) is 707 Å². The van der Waals surface area contributed by atoms with Gasteiger partial charge in [0.05, 0.1) is 101 Å². The van der Waals surface area contributed by atoms with E-state index in [0.717, 1.165) is 4.57 Å². The van der Waals surface area contributed by atoms with Crippen LogP contribution in [-0.4, -0.2) is 238 Å². The van der Waals surface area contributed by atoms with E-state index in [-0.39, 0.29) is 118 Å². The van der Waals surface area contributed by atoms with E-state index >= 15 is 0 Å². The highest BCUT2D eigenvalue weighted by Crippen LogP contribution is 2.57. The molecule has 65 heteroatoms. The van der Waals surface area contributed by atoms with Crippen molar-refractivity contribution in [1.29, 1.82) is 0 Å². The summed E-state index contributed by atoms with van der Waals surface area (Å²) >= 11 is 32.9. The van der Waals surface area contributed by atoms with Crippen molar-refractivity contribution >= 4 is 179 Å². The van der Waals surface area contributed by atoms with Gasteiger partial charge in [-0.15, -0.1) is 0 Å². The number of imidazole rings is 4. The maximum Gasteiger partial charge on any atom is 0.330 e. The van der Waals surface area contributed by atoms with Gasteiger partial charge >= 0.3 is 51.7 Å². The predicted octanol–water partition coefficient (Wildman–Crippen LogP) is 0.118. The molecule has 53 nitrogen and oxygen atoms in total. The first kappa shape index (κ1) is 91.8. The number of anilines is 4. The zero-order valence-electron chi connectivity index (χ0n) is 64.5. The van der Waals surface area contributed by atoms with E-state index in [1.165, 1.54) is 93.4 Å². The summed E-state index contributed by atoms with van der Waals surface area (Å²) in [6.07, 6.45) is -11.0. The summed E-state index contributed by atoms with van der Waals surface area (Å²) in [5.41, 5.74) is 22.2. The number of aryl methyl sites for hydroxylation is 2. The fourth-order valence-electron chi connectivity index (χ4n) is 14.8. The molecule has 6 saturated heterocycles. The van der Waals surface area contributed by atoms with Crippen LogP contribution in [0.4, 0.5) is 23.4 Å². The lowest BCUT2D eigenvalue weighted by molar-refractivity contribution is -0.0561. The molecule has 0 radical (unpaired) electrons. The molecule has 16 rings (SSSR count). The number of nitrogens with two attached hydrogens (primary N) is 4. The first-order valence-electron chi connectivity index (χ1n) is 37.2. The first-order chi connectivity index (χ1) is 59.1. The average molecular weight is 1980 g/mol. The molecule has 0 amide bonds. The summed E-state index contributed by atoms with van der Waals surface area (Å²) in [5, 5.41) is 0. The van der Waals surface area contributed by atoms with Gasteiger partial charge in [0.2, 0.25) is 5.95 Å². The molecule has 676 valence electrons. The van der Waals surface area contributed by atoms with Crippen LogP contribution >= 0.6 is 40.3 Å². The largest absolute Gasteiger partial charge is 0.382 e. The molecule has 0 aromatic carbocycles. The van der Waals surface area contributed by atoms with E-state index in [1.54, 1.807) is 6.92 Å². The molecule has 23 atom stereocenters. The Kier molecular flexibility index (Phi) is 26.7. The van der Waals surface area contributed by atoms with Crippen molar-refractivity contribution in [2.24, 2.45) is 0 Å². The summed E-state index contributed by atoms with van der Waals surface area (Å²) in [4.78, 5) is 197. The maximum absolute atomic E-state index is 13.4. The van der Waals surface area contributed by atoms with Crippen LogP contribution in [-0.2, 0) is 149 Å². The molecule has 6 fully saturated rings. The number of hydrogen-bond acceptors (Lipinski definition) is 43. The second-order valence-electron chi connectivity index (χ2n) is 29.0. The average Bonchev–Trinajstić information content (AvgIpc) is 1.64. The smallest absolute Gasteiger partial charge is 0.330 e. The summed E-state index contributed by atoms with van der Waals surface area (Å²) in [5.74, 6) is -0.160. The van der Waals surface area contributed by atoms with Crippen LogP contribution in [0.3, 0.4) is 0 Å². The van der Waals surface area contributed by atoms with E-state index < -0.39 is 212 Å². The van der Waals surface area contributed by atoms with E-state index in [4.69, 9.17) is 172 Å². The van der Waals surface area contributed by atoms with Crippen LogP contribution < -0.4 is 51.0 Å². The quantitative estimate of drug-likeness (QED) is 0.0243. The van der Waals surface area contributed by atoms with Gasteiger partial charge in [0.1, 0.15) is 103 Å². The zero-order chi connectivity index (χ0) is 88.9. The number of fused-ring (bicyclic) bond motifs is 4. The molecular formula is C60H76N24O29P6S6. The normalized spacial score (nSPS) is 29.2. The fourth-order valence-corrected chi connectivity index (χ4v) is 23.1. The number of aromatic nitrogens is 20. The maximum atomic E-state index is 13.4. The molecule has 16 heterocycles. The second-order valence-corrected chi connectivity index (χ2v) is 45.6. The van der Waals surface area contributed by atoms with E-state index in [1.807, 2.05) is 0 Å². The lowest BCUT2D eigenvalue weighted by atomic mass is 10.2. The Morgan fingerprint density at radius 1 is 0.376 bits per heavy atom. The van der Waals surface area contributed by atoms with Crippen LogP contribution in [0.25, 0.3) is 44.7 Å². The number of nitrogen functional groups attached to an aromatic ring is 4. The molecule has 10 aromatic rings. The van der Waals surface area contributed by atoms with Gasteiger partial charge < -0.3 is 135 Å². The Morgan fingerprint density at radius 2 is 0.656 bits per heavy atom. The van der Waals surface area contributed by atoms with Crippen molar-refractivity contribution < 1.29 is 112 Å². The van der Waals surface area contributed by atoms with E-state index in [9.17, 15) is 58.2 Å². The Hall–Kier alpha value is -6.50. The van der Waals surface area contributed by atoms with Crippen molar-refractivity contribution in [3.63, 3.8) is 0 Å². The number of rotatable bonds is 33. The summed E-state index contributed by atoms with van der Waals surface area (Å²) in [6, 6.07) is 0. The number of aromatic amines is 3. The minimum atomic E-state index is -4.64. The SMILES string of the molecule is Cc1cn([C@H]2C[C@@H](OP(O)(=S)OC[C@H]3O[C@@H](n4cnc5c(N)ncnc54)C[C@H]3OP(O)(=S)OC[C@H]3O[C@@H](n4cnc5c(N)ncnc54)C[C@H]3OP(O)(=S)OC[C@H]3O[C@@H](n4cnc5c(N)ncnc54)C[C@H]3OP(O)(=S)OC[C@H]3O[C@@H](n4cc(C)c(=O)[nH]c4=O)C[C@H]3OP(O)(=S)OC[C@H]3O[C@@H](n4cnc5c(=O)[nH]c(N)nc54)C[C@H]3OP(O)(O)=S)[C@@H](C)O2)c(=O)[nH]c1=O. The summed E-state index contributed by atoms with van der Waals surface area (Å²) in [6.45, 7) is -25.8. The summed E-state index contributed by atoms with van der Waals surface area (Å²) in [7, 11) is 0. The van der Waals surface area contributed by atoms with Crippen molar-refractivity contribution in [3.05, 3.63) is 120 Å². The van der Waals surface area contributed by atoms with Crippen LogP contribution in [0.2, 0.25) is 0 Å². The van der Waals surface area contributed by atoms with E-state index in [2.05, 4.69) is 69.8 Å². The third kappa shape index (κ3) is 20.7. The molecule has 0 saturated carbocycles. The van der Waals surface area contributed by atoms with Gasteiger partial charge in [-0.3, -0.25) is 56.7 Å². The summed E-state index contributed by atoms with van der Waals surface area (Å²) < 4.78 is 112. The van der Waals surface area contributed by atoms with Crippen molar-refractivity contribution in [2.45, 2.75) is 170 Å². The minimum Gasteiger partial charge on any atom is -0.382 e. The highest BCUT2D eigenvalue weighted by molar-refractivity contribution is 8.08. The number of H-pyrrole nitrogens is 3. The minimum absolute atomic E-state index is 0.000161. The lowest BCUT2D eigenvalue weighted by Gasteiger charge is -2.28. The van der Waals surface area contributed by atoms with Gasteiger partial charge in [-0.1, -0.05) is 0 Å². The zero-order valence-corrected chi connectivity index (χ0v) is 74.8. The number of nitrogens with one attached hydrogen (secondary N) is 3. The highest BCUT2D eigenvalue weighted by atomic mass is 32.5.